The van der Waals surface area contributed by atoms with E-state index in [-0.39, 0.29) is 11.5 Å². The highest BCUT2D eigenvalue weighted by molar-refractivity contribution is 5.53. The highest BCUT2D eigenvalue weighted by Gasteiger charge is 2.10. The van der Waals surface area contributed by atoms with Gasteiger partial charge in [-0.05, 0) is 110 Å². The molecule has 1 rings (SSSR count). The Hall–Kier alpha value is -2.22. The third-order valence-corrected chi connectivity index (χ3v) is 5.65. The summed E-state index contributed by atoms with van der Waals surface area (Å²) in [6, 6.07) is 1.97. The Labute approximate surface area is 184 Å². The van der Waals surface area contributed by atoms with Crippen LogP contribution in [-0.2, 0) is 6.42 Å². The zero-order valence-electron chi connectivity index (χ0n) is 20.2. The third-order valence-electron chi connectivity index (χ3n) is 5.65. The van der Waals surface area contributed by atoms with Gasteiger partial charge in [0.05, 0.1) is 0 Å². The van der Waals surface area contributed by atoms with Crippen LogP contribution in [0.3, 0.4) is 0 Å². The summed E-state index contributed by atoms with van der Waals surface area (Å²) < 4.78 is 0. The Morgan fingerprint density at radius 1 is 0.700 bits per heavy atom. The highest BCUT2D eigenvalue weighted by atomic mass is 16.3. The molecule has 1 aromatic rings. The van der Waals surface area contributed by atoms with Crippen LogP contribution in [-0.4, -0.2) is 10.2 Å². The second-order valence-electron chi connectivity index (χ2n) is 8.93. The maximum Gasteiger partial charge on any atom is 0.160 e. The van der Waals surface area contributed by atoms with Crippen LogP contribution in [0.5, 0.6) is 11.5 Å². The predicted octanol–water partition coefficient (Wildman–Crippen LogP) is 8.40. The van der Waals surface area contributed by atoms with Gasteiger partial charge in [0.1, 0.15) is 0 Å². The van der Waals surface area contributed by atoms with E-state index in [1.807, 2.05) is 19.9 Å². The molecule has 30 heavy (non-hydrogen) atoms. The standard InChI is InChI=1S/C28H42O2/c1-20(2)11-8-12-21(3)13-9-14-22(4)15-10-16-23(5)17-18-26-19-24(6)27(29)28(30)25(26)7/h11,13,15,17,19,29-30H,8-10,12,14,16,18H2,1-7H3. The van der Waals surface area contributed by atoms with Crippen molar-refractivity contribution in [3.8, 4) is 11.5 Å². The maximum absolute atomic E-state index is 10.0. The summed E-state index contributed by atoms with van der Waals surface area (Å²) in [5, 5.41) is 19.8. The topological polar surface area (TPSA) is 40.5 Å². The summed E-state index contributed by atoms with van der Waals surface area (Å²) in [6.07, 6.45) is 16.8. The molecule has 0 aromatic heterocycles. The Morgan fingerprint density at radius 3 is 1.67 bits per heavy atom. The molecule has 0 atom stereocenters. The van der Waals surface area contributed by atoms with Gasteiger partial charge in [-0.3, -0.25) is 0 Å². The van der Waals surface area contributed by atoms with E-state index in [1.54, 1.807) is 0 Å². The molecule has 0 spiro atoms. The molecule has 0 amide bonds. The van der Waals surface area contributed by atoms with Crippen molar-refractivity contribution >= 4 is 0 Å². The van der Waals surface area contributed by atoms with E-state index in [1.165, 1.54) is 22.3 Å². The second-order valence-corrected chi connectivity index (χ2v) is 8.93. The lowest BCUT2D eigenvalue weighted by molar-refractivity contribution is 0.398. The Morgan fingerprint density at radius 2 is 1.17 bits per heavy atom. The van der Waals surface area contributed by atoms with Gasteiger partial charge >= 0.3 is 0 Å². The molecule has 0 aliphatic heterocycles. The number of hydrogen-bond acceptors (Lipinski definition) is 2. The molecule has 0 aliphatic carbocycles. The summed E-state index contributed by atoms with van der Waals surface area (Å²) in [7, 11) is 0. The first-order chi connectivity index (χ1) is 14.1. The molecule has 0 aliphatic rings. The summed E-state index contributed by atoms with van der Waals surface area (Å²) in [6.45, 7) is 14.6. The lowest BCUT2D eigenvalue weighted by Crippen LogP contribution is -1.92. The largest absolute Gasteiger partial charge is 0.504 e. The summed E-state index contributed by atoms with van der Waals surface area (Å²) >= 11 is 0. The second kappa shape index (κ2) is 13.2. The van der Waals surface area contributed by atoms with Gasteiger partial charge in [-0.2, -0.15) is 0 Å². The van der Waals surface area contributed by atoms with Gasteiger partial charge in [0, 0.05) is 0 Å². The predicted molar refractivity (Wildman–Crippen MR) is 131 cm³/mol. The quantitative estimate of drug-likeness (QED) is 0.284. The maximum atomic E-state index is 10.0. The number of phenols is 2. The summed E-state index contributed by atoms with van der Waals surface area (Å²) in [5.74, 6) is 0.00587. The SMILES string of the molecule is CC(C)=CCCC(C)=CCCC(C)=CCCC(C)=CCc1cc(C)c(O)c(O)c1C. The first-order valence-corrected chi connectivity index (χ1v) is 11.2. The van der Waals surface area contributed by atoms with Gasteiger partial charge in [0.2, 0.25) is 0 Å². The van der Waals surface area contributed by atoms with E-state index < -0.39 is 0 Å². The average Bonchev–Trinajstić information content (AvgIpc) is 2.67. The normalized spacial score (nSPS) is 13.0. The van der Waals surface area contributed by atoms with E-state index in [0.29, 0.717) is 0 Å². The fraction of sp³-hybridized carbons (Fsp3) is 0.500. The van der Waals surface area contributed by atoms with E-state index in [9.17, 15) is 10.2 Å². The van der Waals surface area contributed by atoms with E-state index in [2.05, 4.69) is 58.9 Å². The zero-order valence-corrected chi connectivity index (χ0v) is 20.2. The summed E-state index contributed by atoms with van der Waals surface area (Å²) in [4.78, 5) is 0. The molecule has 2 heteroatoms. The minimum absolute atomic E-state index is 0.00417. The van der Waals surface area contributed by atoms with Crippen LogP contribution >= 0.6 is 0 Å². The molecule has 1 aromatic carbocycles. The molecule has 2 N–H and O–H groups in total. The molecule has 0 unspecified atom stereocenters. The van der Waals surface area contributed by atoms with Crippen LogP contribution in [0.4, 0.5) is 0 Å². The molecule has 0 saturated carbocycles. The van der Waals surface area contributed by atoms with Crippen molar-refractivity contribution < 1.29 is 10.2 Å². The third kappa shape index (κ3) is 9.52. The summed E-state index contributed by atoms with van der Waals surface area (Å²) in [5.41, 5.74) is 8.27. The van der Waals surface area contributed by atoms with Crippen molar-refractivity contribution in [2.75, 3.05) is 0 Å². The number of aromatic hydroxyl groups is 2. The fourth-order valence-electron chi connectivity index (χ4n) is 3.44. The Bertz CT molecular complexity index is 816. The van der Waals surface area contributed by atoms with Crippen LogP contribution in [0.25, 0.3) is 0 Å². The van der Waals surface area contributed by atoms with Crippen LogP contribution in [0.2, 0.25) is 0 Å². The van der Waals surface area contributed by atoms with Crippen LogP contribution < -0.4 is 0 Å². The number of aryl methyl sites for hydroxylation is 1. The van der Waals surface area contributed by atoms with Gasteiger partial charge < -0.3 is 10.2 Å². The van der Waals surface area contributed by atoms with Gasteiger partial charge in [-0.1, -0.05) is 52.7 Å². The molecule has 0 radical (unpaired) electrons. The number of phenolic OH excluding ortho intramolecular Hbond substituents is 2. The van der Waals surface area contributed by atoms with Crippen molar-refractivity contribution in [3.63, 3.8) is 0 Å². The van der Waals surface area contributed by atoms with Gasteiger partial charge in [0.25, 0.3) is 0 Å². The average molecular weight is 411 g/mol. The smallest absolute Gasteiger partial charge is 0.160 e. The lowest BCUT2D eigenvalue weighted by Gasteiger charge is -2.10. The lowest BCUT2D eigenvalue weighted by atomic mass is 9.98. The number of benzene rings is 1. The van der Waals surface area contributed by atoms with Crippen molar-refractivity contribution in [2.45, 2.75) is 93.4 Å². The molecule has 0 heterocycles. The highest BCUT2D eigenvalue weighted by Crippen LogP contribution is 2.34. The molecule has 0 saturated heterocycles. The van der Waals surface area contributed by atoms with Crippen molar-refractivity contribution in [1.29, 1.82) is 0 Å². The fourth-order valence-corrected chi connectivity index (χ4v) is 3.44. The van der Waals surface area contributed by atoms with Gasteiger partial charge in [0.15, 0.2) is 11.5 Å². The molecule has 166 valence electrons. The monoisotopic (exact) mass is 410 g/mol. The Kier molecular flexibility index (Phi) is 11.3. The molecular formula is C28H42O2. The van der Waals surface area contributed by atoms with Gasteiger partial charge in [-0.15, -0.1) is 0 Å². The molecular weight excluding hydrogens is 368 g/mol. The number of rotatable bonds is 11. The van der Waals surface area contributed by atoms with Crippen LogP contribution in [0, 0.1) is 13.8 Å². The first-order valence-electron chi connectivity index (χ1n) is 11.2. The first kappa shape index (κ1) is 25.8. The minimum Gasteiger partial charge on any atom is -0.504 e. The van der Waals surface area contributed by atoms with Crippen LogP contribution in [0.1, 0.15) is 89.8 Å². The van der Waals surface area contributed by atoms with E-state index in [0.717, 1.165) is 61.6 Å². The molecule has 0 bridgehead atoms. The number of allylic oxidation sites excluding steroid dienone is 8. The Balaban J connectivity index is 2.45. The van der Waals surface area contributed by atoms with E-state index >= 15 is 0 Å². The van der Waals surface area contributed by atoms with Crippen molar-refractivity contribution in [3.05, 3.63) is 69.4 Å². The molecule has 0 fully saturated rings. The van der Waals surface area contributed by atoms with Crippen LogP contribution in [0.15, 0.2) is 52.7 Å². The van der Waals surface area contributed by atoms with Crippen molar-refractivity contribution in [2.24, 2.45) is 0 Å². The minimum atomic E-state index is -0.00417. The van der Waals surface area contributed by atoms with Gasteiger partial charge in [-0.25, -0.2) is 0 Å². The number of hydrogen-bond donors (Lipinski definition) is 2. The van der Waals surface area contributed by atoms with Crippen molar-refractivity contribution in [1.82, 2.24) is 0 Å². The van der Waals surface area contributed by atoms with E-state index in [4.69, 9.17) is 0 Å². The zero-order chi connectivity index (χ0) is 22.7. The molecule has 2 nitrogen and oxygen atoms in total.